The topological polar surface area (TPSA) is 47.4 Å². The maximum absolute atomic E-state index is 13.4. The number of rotatable bonds is 10. The summed E-state index contributed by atoms with van der Waals surface area (Å²) >= 11 is 0. The van der Waals surface area contributed by atoms with Crippen LogP contribution in [0.5, 0.6) is 5.75 Å². The van der Waals surface area contributed by atoms with Crippen molar-refractivity contribution >= 4 is 16.9 Å². The number of carbonyl (C=O) groups is 1. The van der Waals surface area contributed by atoms with Crippen LogP contribution >= 0.6 is 0 Å². The maximum atomic E-state index is 13.4. The lowest BCUT2D eigenvalue weighted by molar-refractivity contribution is 0.0752. The molecule has 3 aromatic carbocycles. The quantitative estimate of drug-likeness (QED) is 0.283. The Hall–Kier alpha value is -3.60. The van der Waals surface area contributed by atoms with Gasteiger partial charge in [-0.1, -0.05) is 42.5 Å². The molecule has 180 valence electrons. The minimum absolute atomic E-state index is 0.0445. The lowest BCUT2D eigenvalue weighted by atomic mass is 10.1. The summed E-state index contributed by atoms with van der Waals surface area (Å²) in [5.74, 6) is 2.72. The van der Waals surface area contributed by atoms with E-state index in [2.05, 4.69) is 34.9 Å². The molecule has 1 aliphatic rings. The molecule has 0 aliphatic heterocycles. The summed E-state index contributed by atoms with van der Waals surface area (Å²) in [7, 11) is 0. The van der Waals surface area contributed by atoms with Gasteiger partial charge in [0.05, 0.1) is 17.6 Å². The van der Waals surface area contributed by atoms with Gasteiger partial charge in [-0.3, -0.25) is 4.79 Å². The molecule has 5 rings (SSSR count). The van der Waals surface area contributed by atoms with Crippen molar-refractivity contribution in [2.24, 2.45) is 5.92 Å². The highest BCUT2D eigenvalue weighted by atomic mass is 16.5. The smallest absolute Gasteiger partial charge is 0.254 e. The van der Waals surface area contributed by atoms with E-state index in [0.29, 0.717) is 25.3 Å². The third-order valence-corrected chi connectivity index (χ3v) is 6.69. The molecular weight excluding hydrogens is 434 g/mol. The van der Waals surface area contributed by atoms with E-state index in [-0.39, 0.29) is 5.91 Å². The normalized spacial score (nSPS) is 13.2. The molecule has 0 saturated heterocycles. The van der Waals surface area contributed by atoms with Crippen LogP contribution < -0.4 is 4.74 Å². The average molecular weight is 468 g/mol. The number of hydrogen-bond acceptors (Lipinski definition) is 3. The summed E-state index contributed by atoms with van der Waals surface area (Å²) in [5, 5.41) is 0. The third-order valence-electron chi connectivity index (χ3n) is 6.69. The first-order valence-corrected chi connectivity index (χ1v) is 12.7. The Bertz CT molecular complexity index is 1290. The van der Waals surface area contributed by atoms with Crippen molar-refractivity contribution in [1.82, 2.24) is 14.5 Å². The van der Waals surface area contributed by atoms with Gasteiger partial charge in [0.15, 0.2) is 0 Å². The summed E-state index contributed by atoms with van der Waals surface area (Å²) in [5.41, 5.74) is 5.04. The number of hydrogen-bond donors (Lipinski definition) is 0. The molecule has 0 bridgehead atoms. The van der Waals surface area contributed by atoms with E-state index in [1.54, 1.807) is 0 Å². The maximum Gasteiger partial charge on any atom is 0.254 e. The van der Waals surface area contributed by atoms with E-state index in [9.17, 15) is 4.79 Å². The van der Waals surface area contributed by atoms with E-state index in [0.717, 1.165) is 47.1 Å². The third kappa shape index (κ3) is 5.40. The molecule has 0 spiro atoms. The molecule has 1 saturated carbocycles. The fourth-order valence-electron chi connectivity index (χ4n) is 4.58. The highest BCUT2D eigenvalue weighted by Gasteiger charge is 2.25. The van der Waals surface area contributed by atoms with Gasteiger partial charge in [0.1, 0.15) is 11.6 Å². The van der Waals surface area contributed by atoms with Crippen LogP contribution in [0.3, 0.4) is 0 Å². The van der Waals surface area contributed by atoms with Gasteiger partial charge >= 0.3 is 0 Å². The number of carbonyl (C=O) groups excluding carboxylic acids is 1. The van der Waals surface area contributed by atoms with Gasteiger partial charge in [0.2, 0.25) is 0 Å². The minimum atomic E-state index is 0.0445. The Labute approximate surface area is 207 Å². The molecule has 1 fully saturated rings. The van der Waals surface area contributed by atoms with Gasteiger partial charge in [-0.05, 0) is 74.1 Å². The number of amides is 1. The number of benzene rings is 3. The monoisotopic (exact) mass is 467 g/mol. The SMILES string of the molecule is CCOc1ccc(Cc2nc3cc(C(=O)N(CC)Cc4ccccc4)ccc3n2CC2CC2)cc1. The molecule has 1 aliphatic carbocycles. The molecule has 1 amide bonds. The molecule has 5 heteroatoms. The van der Waals surface area contributed by atoms with Crippen LogP contribution in [0.1, 0.15) is 54.0 Å². The Morgan fingerprint density at radius 3 is 2.46 bits per heavy atom. The van der Waals surface area contributed by atoms with Gasteiger partial charge in [-0.25, -0.2) is 4.98 Å². The summed E-state index contributed by atoms with van der Waals surface area (Å²) in [6.45, 7) is 6.94. The minimum Gasteiger partial charge on any atom is -0.494 e. The van der Waals surface area contributed by atoms with Crippen molar-refractivity contribution < 1.29 is 9.53 Å². The van der Waals surface area contributed by atoms with Crippen LogP contribution in [0.25, 0.3) is 11.0 Å². The van der Waals surface area contributed by atoms with Gasteiger partial charge in [-0.2, -0.15) is 0 Å². The Morgan fingerprint density at radius 2 is 1.77 bits per heavy atom. The largest absolute Gasteiger partial charge is 0.494 e. The van der Waals surface area contributed by atoms with Crippen LogP contribution in [0.15, 0.2) is 72.8 Å². The predicted octanol–water partition coefficient (Wildman–Crippen LogP) is 6.10. The van der Waals surface area contributed by atoms with Crippen LogP contribution in [-0.4, -0.2) is 33.5 Å². The number of imidazole rings is 1. The van der Waals surface area contributed by atoms with Gasteiger partial charge in [0.25, 0.3) is 5.91 Å². The fraction of sp³-hybridized carbons (Fsp3) is 0.333. The highest BCUT2D eigenvalue weighted by Crippen LogP contribution is 2.33. The second kappa shape index (κ2) is 10.3. The summed E-state index contributed by atoms with van der Waals surface area (Å²) < 4.78 is 7.95. The van der Waals surface area contributed by atoms with E-state index < -0.39 is 0 Å². The number of aromatic nitrogens is 2. The van der Waals surface area contributed by atoms with E-state index in [4.69, 9.17) is 9.72 Å². The van der Waals surface area contributed by atoms with Gasteiger partial charge < -0.3 is 14.2 Å². The van der Waals surface area contributed by atoms with E-state index in [1.807, 2.05) is 61.2 Å². The molecule has 1 heterocycles. The molecule has 0 radical (unpaired) electrons. The van der Waals surface area contributed by atoms with Crippen molar-refractivity contribution in [3.8, 4) is 5.75 Å². The number of nitrogens with zero attached hydrogens (tertiary/aromatic N) is 3. The van der Waals surface area contributed by atoms with Crippen LogP contribution in [0, 0.1) is 5.92 Å². The zero-order valence-electron chi connectivity index (χ0n) is 20.6. The second-order valence-corrected chi connectivity index (χ2v) is 9.34. The summed E-state index contributed by atoms with van der Waals surface area (Å²) in [6.07, 6.45) is 3.32. The van der Waals surface area contributed by atoms with Crippen molar-refractivity contribution in [1.29, 1.82) is 0 Å². The Balaban J connectivity index is 1.42. The number of fused-ring (bicyclic) bond motifs is 1. The van der Waals surface area contributed by atoms with E-state index in [1.165, 1.54) is 18.4 Å². The molecule has 35 heavy (non-hydrogen) atoms. The molecule has 5 nitrogen and oxygen atoms in total. The van der Waals surface area contributed by atoms with Crippen LogP contribution in [0.4, 0.5) is 0 Å². The zero-order chi connectivity index (χ0) is 24.2. The predicted molar refractivity (Wildman–Crippen MR) is 140 cm³/mol. The molecular formula is C30H33N3O2. The molecule has 4 aromatic rings. The standard InChI is InChI=1S/C30H33N3O2/c1-3-32(20-23-8-6-5-7-9-23)30(34)25-14-17-28-27(19-25)31-29(33(28)21-24-10-11-24)18-22-12-15-26(16-13-22)35-4-2/h5-9,12-17,19,24H,3-4,10-11,18,20-21H2,1-2H3. The lowest BCUT2D eigenvalue weighted by Crippen LogP contribution is -2.30. The average Bonchev–Trinajstić information content (AvgIpc) is 3.65. The Kier molecular flexibility index (Phi) is 6.84. The molecule has 0 atom stereocenters. The highest BCUT2D eigenvalue weighted by molar-refractivity contribution is 5.97. The molecule has 1 aromatic heterocycles. The first-order valence-electron chi connectivity index (χ1n) is 12.7. The van der Waals surface area contributed by atoms with E-state index >= 15 is 0 Å². The van der Waals surface area contributed by atoms with Gasteiger partial charge in [-0.15, -0.1) is 0 Å². The van der Waals surface area contributed by atoms with Gasteiger partial charge in [0, 0.05) is 31.6 Å². The summed E-state index contributed by atoms with van der Waals surface area (Å²) in [4.78, 5) is 20.3. The fourth-order valence-corrected chi connectivity index (χ4v) is 4.58. The molecule has 0 N–H and O–H groups in total. The lowest BCUT2D eigenvalue weighted by Gasteiger charge is -2.21. The first-order chi connectivity index (χ1) is 17.1. The molecule has 0 unspecified atom stereocenters. The van der Waals surface area contributed by atoms with Crippen molar-refractivity contribution in [3.63, 3.8) is 0 Å². The van der Waals surface area contributed by atoms with Crippen molar-refractivity contribution in [3.05, 3.63) is 95.3 Å². The zero-order valence-corrected chi connectivity index (χ0v) is 20.6. The Morgan fingerprint density at radius 1 is 1.00 bits per heavy atom. The summed E-state index contributed by atoms with van der Waals surface area (Å²) in [6, 6.07) is 24.4. The second-order valence-electron chi connectivity index (χ2n) is 9.34. The van der Waals surface area contributed by atoms with Crippen molar-refractivity contribution in [2.75, 3.05) is 13.2 Å². The van der Waals surface area contributed by atoms with Crippen LogP contribution in [-0.2, 0) is 19.5 Å². The first kappa shape index (κ1) is 23.2. The number of ether oxygens (including phenoxy) is 1. The van der Waals surface area contributed by atoms with Crippen molar-refractivity contribution in [2.45, 2.75) is 46.2 Å². The van der Waals surface area contributed by atoms with Crippen LogP contribution in [0.2, 0.25) is 0 Å².